The number of benzene rings is 1. The van der Waals surface area contributed by atoms with Crippen LogP contribution in [-0.4, -0.2) is 12.2 Å². The standard InChI is InChI=1S/C10H12O2.O.Zn/c1-3-4-8-5-6-9(11)10(7-8)12-2;;/h3,5-7,11H,1,4H2,2H3;;. The molecule has 0 saturated heterocycles. The number of rotatable bonds is 3. The molecule has 0 heterocycles. The van der Waals surface area contributed by atoms with Gasteiger partial charge in [0.25, 0.3) is 0 Å². The van der Waals surface area contributed by atoms with Crippen LogP contribution in [0.1, 0.15) is 5.56 Å². The molecule has 0 aromatic heterocycles. The molecule has 0 atom stereocenters. The second-order valence-corrected chi connectivity index (χ2v) is 2.50. The van der Waals surface area contributed by atoms with Gasteiger partial charge in [0, 0.05) is 0 Å². The zero-order valence-electron chi connectivity index (χ0n) is 8.19. The quantitative estimate of drug-likeness (QED) is 0.655. The first-order chi connectivity index (χ1) is 6.77. The third-order valence-electron chi connectivity index (χ3n) is 1.62. The molecular formula is C10H12O3Zn. The third kappa shape index (κ3) is 3.80. The minimum absolute atomic E-state index is 0.125. The Bertz CT molecular complexity index is 299. The topological polar surface area (TPSA) is 46.5 Å². The van der Waals surface area contributed by atoms with E-state index in [0.29, 0.717) is 5.75 Å². The second-order valence-electron chi connectivity index (χ2n) is 2.50. The summed E-state index contributed by atoms with van der Waals surface area (Å²) in [4.78, 5) is 0. The predicted octanol–water partition coefficient (Wildman–Crippen LogP) is 2.01. The second kappa shape index (κ2) is 7.39. The van der Waals surface area contributed by atoms with E-state index in [4.69, 9.17) is 8.31 Å². The average molecular weight is 246 g/mol. The Morgan fingerprint density at radius 3 is 2.71 bits per heavy atom. The van der Waals surface area contributed by atoms with Gasteiger partial charge in [0.15, 0.2) is 11.5 Å². The third-order valence-corrected chi connectivity index (χ3v) is 1.62. The van der Waals surface area contributed by atoms with E-state index < -0.39 is 0 Å². The molecule has 1 aromatic carbocycles. The van der Waals surface area contributed by atoms with Crippen molar-refractivity contribution in [3.63, 3.8) is 0 Å². The van der Waals surface area contributed by atoms with Crippen LogP contribution in [-0.2, 0) is 28.2 Å². The molecular weight excluding hydrogens is 233 g/mol. The molecule has 1 rings (SSSR count). The molecule has 0 amide bonds. The summed E-state index contributed by atoms with van der Waals surface area (Å²) in [5, 5.41) is 9.25. The van der Waals surface area contributed by atoms with Gasteiger partial charge < -0.3 is 9.84 Å². The van der Waals surface area contributed by atoms with Gasteiger partial charge in [0.05, 0.1) is 7.11 Å². The summed E-state index contributed by atoms with van der Waals surface area (Å²) in [5.41, 5.74) is 1.08. The molecule has 72 valence electrons. The SMILES string of the molecule is C=CCc1ccc(O)c(OC)c1.[O]=[Zn]. The predicted molar refractivity (Wildman–Crippen MR) is 49.2 cm³/mol. The summed E-state index contributed by atoms with van der Waals surface area (Å²) >= 11 is 0.125. The van der Waals surface area contributed by atoms with E-state index in [9.17, 15) is 5.11 Å². The fraction of sp³-hybridized carbons (Fsp3) is 0.200. The molecule has 4 heteroatoms. The molecule has 0 aliphatic carbocycles. The first-order valence-corrected chi connectivity index (χ1v) is 5.24. The molecule has 0 bridgehead atoms. The number of hydrogen-bond acceptors (Lipinski definition) is 3. The van der Waals surface area contributed by atoms with Gasteiger partial charge in [0.1, 0.15) is 0 Å². The van der Waals surface area contributed by atoms with Crippen molar-refractivity contribution in [3.8, 4) is 11.5 Å². The Labute approximate surface area is 93.3 Å². The molecule has 1 N–H and O–H groups in total. The monoisotopic (exact) mass is 244 g/mol. The Morgan fingerprint density at radius 2 is 2.21 bits per heavy atom. The van der Waals surface area contributed by atoms with Gasteiger partial charge in [-0.1, -0.05) is 12.1 Å². The van der Waals surface area contributed by atoms with Gasteiger partial charge in [-0.15, -0.1) is 6.58 Å². The molecule has 14 heavy (non-hydrogen) atoms. The fourth-order valence-electron chi connectivity index (χ4n) is 1.02. The molecule has 0 fully saturated rings. The maximum atomic E-state index is 9.25. The molecule has 0 radical (unpaired) electrons. The first-order valence-electron chi connectivity index (χ1n) is 4.03. The normalized spacial score (nSPS) is 8.50. The summed E-state index contributed by atoms with van der Waals surface area (Å²) in [6, 6.07) is 5.27. The molecule has 0 saturated carbocycles. The zero-order chi connectivity index (χ0) is 11.0. The van der Waals surface area contributed by atoms with Crippen molar-refractivity contribution in [3.05, 3.63) is 36.4 Å². The number of methoxy groups -OCH3 is 1. The molecule has 3 nitrogen and oxygen atoms in total. The van der Waals surface area contributed by atoms with Crippen LogP contribution in [0.5, 0.6) is 11.5 Å². The zero-order valence-corrected chi connectivity index (χ0v) is 11.2. The van der Waals surface area contributed by atoms with Gasteiger partial charge in [-0.3, -0.25) is 0 Å². The summed E-state index contributed by atoms with van der Waals surface area (Å²) in [6.45, 7) is 3.63. The van der Waals surface area contributed by atoms with Crippen molar-refractivity contribution >= 4 is 0 Å². The maximum absolute atomic E-state index is 9.25. The van der Waals surface area contributed by atoms with E-state index in [1.807, 2.05) is 12.1 Å². The van der Waals surface area contributed by atoms with Gasteiger partial charge in [-0.05, 0) is 24.1 Å². The molecule has 0 unspecified atom stereocenters. The number of hydrogen-bond donors (Lipinski definition) is 1. The van der Waals surface area contributed by atoms with E-state index in [1.54, 1.807) is 12.1 Å². The van der Waals surface area contributed by atoms with Crippen LogP contribution in [0.4, 0.5) is 0 Å². The Kier molecular flexibility index (Phi) is 6.86. The van der Waals surface area contributed by atoms with Crippen LogP contribution in [0.15, 0.2) is 30.9 Å². The van der Waals surface area contributed by atoms with Crippen molar-refractivity contribution in [2.24, 2.45) is 0 Å². The summed E-state index contributed by atoms with van der Waals surface area (Å²) in [7, 11) is 1.53. The molecule has 0 spiro atoms. The molecule has 0 aliphatic rings. The average Bonchev–Trinajstić information content (AvgIpc) is 2.24. The van der Waals surface area contributed by atoms with Gasteiger partial charge in [0.2, 0.25) is 0 Å². The molecule has 1 aromatic rings. The van der Waals surface area contributed by atoms with E-state index in [2.05, 4.69) is 6.58 Å². The molecule has 0 aliphatic heterocycles. The number of phenols is 1. The van der Waals surface area contributed by atoms with E-state index in [-0.39, 0.29) is 24.0 Å². The van der Waals surface area contributed by atoms with E-state index >= 15 is 0 Å². The number of ether oxygens (including phenoxy) is 1. The van der Waals surface area contributed by atoms with Crippen molar-refractivity contribution in [1.82, 2.24) is 0 Å². The Hall–Kier alpha value is -1.02. The van der Waals surface area contributed by atoms with Crippen LogP contribution in [0.3, 0.4) is 0 Å². The van der Waals surface area contributed by atoms with Crippen LogP contribution in [0.25, 0.3) is 0 Å². The first kappa shape index (κ1) is 13.0. The summed E-state index contributed by atoms with van der Waals surface area (Å²) in [5.74, 6) is 0.680. The summed E-state index contributed by atoms with van der Waals surface area (Å²) < 4.78 is 13.3. The van der Waals surface area contributed by atoms with Crippen LogP contribution >= 0.6 is 0 Å². The number of aromatic hydroxyl groups is 1. The van der Waals surface area contributed by atoms with E-state index in [0.717, 1.165) is 12.0 Å². The van der Waals surface area contributed by atoms with Crippen LogP contribution < -0.4 is 4.74 Å². The van der Waals surface area contributed by atoms with Crippen molar-refractivity contribution < 1.29 is 31.7 Å². The van der Waals surface area contributed by atoms with Crippen molar-refractivity contribution in [2.45, 2.75) is 6.42 Å². The van der Waals surface area contributed by atoms with Gasteiger partial charge in [-0.25, -0.2) is 0 Å². The van der Waals surface area contributed by atoms with Gasteiger partial charge >= 0.3 is 21.8 Å². The number of phenolic OH excluding ortho intramolecular Hbond substituents is 1. The van der Waals surface area contributed by atoms with Gasteiger partial charge in [-0.2, -0.15) is 0 Å². The minimum atomic E-state index is 0.125. The van der Waals surface area contributed by atoms with Crippen LogP contribution in [0, 0.1) is 0 Å². The Balaban J connectivity index is 0.000000791. The van der Waals surface area contributed by atoms with Crippen LogP contribution in [0.2, 0.25) is 0 Å². The fourth-order valence-corrected chi connectivity index (χ4v) is 1.02. The Morgan fingerprint density at radius 1 is 1.57 bits per heavy atom. The number of allylic oxidation sites excluding steroid dienone is 1. The van der Waals surface area contributed by atoms with E-state index in [1.165, 1.54) is 7.11 Å². The van der Waals surface area contributed by atoms with Crippen molar-refractivity contribution in [2.75, 3.05) is 7.11 Å². The van der Waals surface area contributed by atoms with Crippen molar-refractivity contribution in [1.29, 1.82) is 0 Å². The summed E-state index contributed by atoms with van der Waals surface area (Å²) in [6.07, 6.45) is 2.60.